The highest BCUT2D eigenvalue weighted by Gasteiger charge is 2.15. The summed E-state index contributed by atoms with van der Waals surface area (Å²) in [5.41, 5.74) is 9.47. The Hall–Kier alpha value is -1.94. The van der Waals surface area contributed by atoms with E-state index in [2.05, 4.69) is 0 Å². The van der Waals surface area contributed by atoms with Gasteiger partial charge in [0.25, 0.3) is 0 Å². The lowest BCUT2D eigenvalue weighted by atomic mass is 9.94. The van der Waals surface area contributed by atoms with Crippen LogP contribution in [0.2, 0.25) is 0 Å². The maximum absolute atomic E-state index is 13.3. The Morgan fingerprint density at radius 1 is 1.00 bits per heavy atom. The van der Waals surface area contributed by atoms with Crippen LogP contribution in [0.5, 0.6) is 5.75 Å². The molecule has 0 aliphatic heterocycles. The zero-order chi connectivity index (χ0) is 14.9. The summed E-state index contributed by atoms with van der Waals surface area (Å²) < 4.78 is 31.5. The summed E-state index contributed by atoms with van der Waals surface area (Å²) in [6.45, 7) is 3.83. The van der Waals surface area contributed by atoms with Crippen LogP contribution in [-0.2, 0) is 0 Å². The standard InChI is InChI=1S/C16H17F2NO/c1-9-7-15(20-3)10(2)6-12(9)16(19)11-4-5-13(17)14(18)8-11/h4-8,16H,19H2,1-3H3. The molecule has 0 radical (unpaired) electrons. The number of aryl methyl sites for hydroxylation is 2. The third kappa shape index (κ3) is 2.65. The quantitative estimate of drug-likeness (QED) is 0.929. The maximum atomic E-state index is 13.3. The molecule has 0 aliphatic carbocycles. The van der Waals surface area contributed by atoms with E-state index in [9.17, 15) is 8.78 Å². The zero-order valence-corrected chi connectivity index (χ0v) is 11.7. The Morgan fingerprint density at radius 3 is 2.30 bits per heavy atom. The Balaban J connectivity index is 2.45. The second-order valence-corrected chi connectivity index (χ2v) is 4.83. The Labute approximate surface area is 117 Å². The number of methoxy groups -OCH3 is 1. The van der Waals surface area contributed by atoms with E-state index in [1.165, 1.54) is 6.07 Å². The lowest BCUT2D eigenvalue weighted by Gasteiger charge is -2.18. The fraction of sp³-hybridized carbons (Fsp3) is 0.250. The van der Waals surface area contributed by atoms with Crippen molar-refractivity contribution in [2.75, 3.05) is 7.11 Å². The third-order valence-electron chi connectivity index (χ3n) is 3.42. The van der Waals surface area contributed by atoms with Gasteiger partial charge >= 0.3 is 0 Å². The number of benzene rings is 2. The van der Waals surface area contributed by atoms with Crippen LogP contribution in [0.1, 0.15) is 28.3 Å². The molecular formula is C16H17F2NO. The number of hydrogen-bond donors (Lipinski definition) is 1. The minimum atomic E-state index is -0.888. The van der Waals surface area contributed by atoms with Gasteiger partial charge in [-0.25, -0.2) is 8.78 Å². The smallest absolute Gasteiger partial charge is 0.159 e. The van der Waals surface area contributed by atoms with Crippen molar-refractivity contribution in [3.63, 3.8) is 0 Å². The largest absolute Gasteiger partial charge is 0.496 e. The van der Waals surface area contributed by atoms with Crippen LogP contribution in [0, 0.1) is 25.5 Å². The molecule has 0 amide bonds. The highest BCUT2D eigenvalue weighted by molar-refractivity contribution is 5.45. The van der Waals surface area contributed by atoms with Gasteiger partial charge in [-0.2, -0.15) is 0 Å². The van der Waals surface area contributed by atoms with Gasteiger partial charge in [0.2, 0.25) is 0 Å². The summed E-state index contributed by atoms with van der Waals surface area (Å²) in [5, 5.41) is 0. The second kappa shape index (κ2) is 5.59. The molecule has 4 heteroatoms. The minimum Gasteiger partial charge on any atom is -0.496 e. The predicted molar refractivity (Wildman–Crippen MR) is 74.9 cm³/mol. The topological polar surface area (TPSA) is 35.2 Å². The van der Waals surface area contributed by atoms with Crippen LogP contribution < -0.4 is 10.5 Å². The molecule has 0 saturated carbocycles. The Kier molecular flexibility index (Phi) is 4.04. The van der Waals surface area contributed by atoms with E-state index in [1.54, 1.807) is 7.11 Å². The number of nitrogens with two attached hydrogens (primary N) is 1. The maximum Gasteiger partial charge on any atom is 0.159 e. The van der Waals surface area contributed by atoms with Gasteiger partial charge in [0, 0.05) is 0 Å². The van der Waals surface area contributed by atoms with Crippen molar-refractivity contribution in [1.82, 2.24) is 0 Å². The average Bonchev–Trinajstić information content (AvgIpc) is 2.43. The van der Waals surface area contributed by atoms with Crippen molar-refractivity contribution in [2.45, 2.75) is 19.9 Å². The highest BCUT2D eigenvalue weighted by Crippen LogP contribution is 2.29. The monoisotopic (exact) mass is 277 g/mol. The van der Waals surface area contributed by atoms with Gasteiger partial charge in [-0.05, 0) is 54.3 Å². The number of rotatable bonds is 3. The predicted octanol–water partition coefficient (Wildman–Crippen LogP) is 3.64. The van der Waals surface area contributed by atoms with Crippen LogP contribution in [-0.4, -0.2) is 7.11 Å². The van der Waals surface area contributed by atoms with Crippen molar-refractivity contribution < 1.29 is 13.5 Å². The summed E-state index contributed by atoms with van der Waals surface area (Å²) in [5.74, 6) is -0.979. The van der Waals surface area contributed by atoms with E-state index >= 15 is 0 Å². The number of hydrogen-bond acceptors (Lipinski definition) is 2. The molecule has 2 N–H and O–H groups in total. The van der Waals surface area contributed by atoms with Gasteiger partial charge in [0.15, 0.2) is 11.6 Å². The van der Waals surface area contributed by atoms with Crippen molar-refractivity contribution >= 4 is 0 Å². The molecule has 106 valence electrons. The molecule has 2 aromatic carbocycles. The van der Waals surface area contributed by atoms with Crippen LogP contribution in [0.15, 0.2) is 30.3 Å². The summed E-state index contributed by atoms with van der Waals surface area (Å²) in [4.78, 5) is 0. The summed E-state index contributed by atoms with van der Waals surface area (Å²) in [7, 11) is 1.61. The van der Waals surface area contributed by atoms with Crippen molar-refractivity contribution in [1.29, 1.82) is 0 Å². The normalized spacial score (nSPS) is 12.3. The Bertz CT molecular complexity index is 641. The molecule has 1 unspecified atom stereocenters. The highest BCUT2D eigenvalue weighted by atomic mass is 19.2. The van der Waals surface area contributed by atoms with E-state index < -0.39 is 17.7 Å². The molecule has 0 bridgehead atoms. The molecule has 0 aromatic heterocycles. The minimum absolute atomic E-state index is 0.505. The molecule has 0 saturated heterocycles. The van der Waals surface area contributed by atoms with Gasteiger partial charge < -0.3 is 10.5 Å². The van der Waals surface area contributed by atoms with E-state index in [4.69, 9.17) is 10.5 Å². The van der Waals surface area contributed by atoms with Gasteiger partial charge in [-0.3, -0.25) is 0 Å². The van der Waals surface area contributed by atoms with Crippen molar-refractivity contribution in [3.05, 3.63) is 64.2 Å². The molecule has 1 atom stereocenters. The molecule has 2 aromatic rings. The second-order valence-electron chi connectivity index (χ2n) is 4.83. The van der Waals surface area contributed by atoms with Crippen LogP contribution in [0.3, 0.4) is 0 Å². The first kappa shape index (κ1) is 14.5. The van der Waals surface area contributed by atoms with Crippen LogP contribution >= 0.6 is 0 Å². The van der Waals surface area contributed by atoms with Crippen LogP contribution in [0.4, 0.5) is 8.78 Å². The fourth-order valence-corrected chi connectivity index (χ4v) is 2.25. The SMILES string of the molecule is COc1cc(C)c(C(N)c2ccc(F)c(F)c2)cc1C. The lowest BCUT2D eigenvalue weighted by Crippen LogP contribution is -2.14. The first-order chi connectivity index (χ1) is 9.43. The molecule has 0 heterocycles. The van der Waals surface area contributed by atoms with Crippen LogP contribution in [0.25, 0.3) is 0 Å². The van der Waals surface area contributed by atoms with Gasteiger partial charge in [0.1, 0.15) is 5.75 Å². The van der Waals surface area contributed by atoms with Gasteiger partial charge in [0.05, 0.1) is 13.2 Å². The number of ether oxygens (including phenoxy) is 1. The molecule has 0 spiro atoms. The van der Waals surface area contributed by atoms with Gasteiger partial charge in [-0.15, -0.1) is 0 Å². The third-order valence-corrected chi connectivity index (χ3v) is 3.42. The molecule has 0 aliphatic rings. The Morgan fingerprint density at radius 2 is 1.70 bits per heavy atom. The zero-order valence-electron chi connectivity index (χ0n) is 11.7. The lowest BCUT2D eigenvalue weighted by molar-refractivity contribution is 0.411. The van der Waals surface area contributed by atoms with Gasteiger partial charge in [-0.1, -0.05) is 12.1 Å². The summed E-state index contributed by atoms with van der Waals surface area (Å²) >= 11 is 0. The molecule has 2 nitrogen and oxygen atoms in total. The van der Waals surface area contributed by atoms with Crippen molar-refractivity contribution in [2.24, 2.45) is 5.73 Å². The molecule has 0 fully saturated rings. The van der Waals surface area contributed by atoms with Crippen molar-refractivity contribution in [3.8, 4) is 5.75 Å². The molecular weight excluding hydrogens is 260 g/mol. The van der Waals surface area contributed by atoms with E-state index in [1.807, 2.05) is 26.0 Å². The first-order valence-electron chi connectivity index (χ1n) is 6.29. The molecule has 2 rings (SSSR count). The van der Waals surface area contributed by atoms with E-state index in [-0.39, 0.29) is 0 Å². The summed E-state index contributed by atoms with van der Waals surface area (Å²) in [6.07, 6.45) is 0. The van der Waals surface area contributed by atoms with E-state index in [0.717, 1.165) is 34.6 Å². The average molecular weight is 277 g/mol. The molecule has 20 heavy (non-hydrogen) atoms. The fourth-order valence-electron chi connectivity index (χ4n) is 2.25. The first-order valence-corrected chi connectivity index (χ1v) is 6.29. The van der Waals surface area contributed by atoms with E-state index in [0.29, 0.717) is 5.56 Å². The summed E-state index contributed by atoms with van der Waals surface area (Å²) in [6, 6.07) is 7.04. The number of halogens is 2.